The van der Waals surface area contributed by atoms with Gasteiger partial charge >= 0.3 is 5.97 Å². The first-order valence-electron chi connectivity index (χ1n) is 21.1. The standard InChI is InChI=1S/C36H63N11O6.3C2H4O2/c1-7-22(5)28(46-30(48)25(37)16-12-18-42-35(38)39)33(51)45-27(21(3)4)32(50)44-26(17-13-19-43-36(40)41)31(49)47-29(23(6)8-2)34(52)53-20-24-14-10-9-11-15-24;3*1-2(3)4/h9-11,14-15,21-23,25-29H,7-8,12-13,16-20,37H2,1-6H3,(H,44,50)(H,45,51)(H,46,48)(H,47,49)(H4,38,39,42)(H4,40,41,43);3*1H3,(H,3,4). The molecule has 0 aliphatic carbocycles. The van der Waals surface area contributed by atoms with Gasteiger partial charge in [-0.3, -0.25) is 43.5 Å². The molecule has 1 aromatic carbocycles. The molecule has 23 nitrogen and oxygen atoms in total. The number of ether oxygens (including phenoxy) is 1. The van der Waals surface area contributed by atoms with E-state index in [2.05, 4.69) is 31.3 Å². The lowest BCUT2D eigenvalue weighted by molar-refractivity contribution is -0.151. The van der Waals surface area contributed by atoms with Gasteiger partial charge in [-0.25, -0.2) is 4.79 Å². The van der Waals surface area contributed by atoms with E-state index < -0.39 is 83.6 Å². The highest BCUT2D eigenvalue weighted by Gasteiger charge is 2.35. The van der Waals surface area contributed by atoms with Gasteiger partial charge in [0.25, 0.3) is 17.9 Å². The molecule has 7 unspecified atom stereocenters. The number of aliphatic imine (C=N–C) groups is 2. The number of nitrogens with zero attached hydrogens (tertiary/aromatic N) is 2. The predicted octanol–water partition coefficient (Wildman–Crippen LogP) is 0.124. The van der Waals surface area contributed by atoms with E-state index in [0.717, 1.165) is 26.3 Å². The van der Waals surface area contributed by atoms with Gasteiger partial charge in [-0.1, -0.05) is 84.7 Å². The van der Waals surface area contributed by atoms with Crippen LogP contribution in [-0.4, -0.2) is 118 Å². The number of nitrogens with two attached hydrogens (primary N) is 5. The lowest BCUT2D eigenvalue weighted by Gasteiger charge is -2.30. The predicted molar refractivity (Wildman–Crippen MR) is 245 cm³/mol. The van der Waals surface area contributed by atoms with Crippen molar-refractivity contribution in [1.82, 2.24) is 21.3 Å². The van der Waals surface area contributed by atoms with Gasteiger partial charge in [0, 0.05) is 33.9 Å². The van der Waals surface area contributed by atoms with Crippen molar-refractivity contribution >= 4 is 59.4 Å². The molecule has 0 aromatic heterocycles. The topological polar surface area (TPSA) is 409 Å². The SMILES string of the molecule is CC(=O)O.CC(=O)O.CC(=O)O.CCC(C)C(NC(=O)C(N)CCCN=C(N)N)C(=O)NC(C(=O)NC(CCCN=C(N)N)C(=O)NC(C(=O)OCc1ccccc1)C(C)CC)C(C)C. The molecule has 0 aliphatic rings. The molecular weight excluding hydrogens is 851 g/mol. The van der Waals surface area contributed by atoms with Gasteiger partial charge in [0.2, 0.25) is 23.6 Å². The summed E-state index contributed by atoms with van der Waals surface area (Å²) in [5, 5.41) is 33.3. The van der Waals surface area contributed by atoms with E-state index in [1.54, 1.807) is 20.8 Å². The molecule has 0 fully saturated rings. The number of nitrogens with one attached hydrogen (secondary N) is 4. The molecule has 7 atom stereocenters. The summed E-state index contributed by atoms with van der Waals surface area (Å²) in [6.07, 6.45) is 2.27. The first-order valence-corrected chi connectivity index (χ1v) is 21.1. The number of rotatable bonds is 24. The van der Waals surface area contributed by atoms with E-state index in [0.29, 0.717) is 32.2 Å². The average Bonchev–Trinajstić information content (AvgIpc) is 3.21. The third-order valence-corrected chi connectivity index (χ3v) is 8.91. The molecule has 0 radical (unpaired) electrons. The number of benzene rings is 1. The summed E-state index contributed by atoms with van der Waals surface area (Å²) in [5.41, 5.74) is 28.5. The molecule has 23 heteroatoms. The summed E-state index contributed by atoms with van der Waals surface area (Å²) in [6, 6.07) is 4.04. The summed E-state index contributed by atoms with van der Waals surface area (Å²) < 4.78 is 5.55. The Morgan fingerprint density at radius 3 is 1.43 bits per heavy atom. The number of carboxylic acids is 3. The molecule has 17 N–H and O–H groups in total. The van der Waals surface area contributed by atoms with Crippen LogP contribution in [0.2, 0.25) is 0 Å². The number of carboxylic acid groups (broad SMARTS) is 3. The molecule has 0 spiro atoms. The molecule has 0 saturated heterocycles. The van der Waals surface area contributed by atoms with E-state index in [-0.39, 0.29) is 49.7 Å². The van der Waals surface area contributed by atoms with Crippen LogP contribution in [0.15, 0.2) is 40.3 Å². The lowest BCUT2D eigenvalue weighted by Crippen LogP contribution is -2.60. The minimum atomic E-state index is -1.12. The summed E-state index contributed by atoms with van der Waals surface area (Å²) in [7, 11) is 0. The number of amides is 4. The van der Waals surface area contributed by atoms with Crippen LogP contribution in [-0.2, 0) is 49.7 Å². The number of esters is 1. The minimum absolute atomic E-state index is 0.0282. The monoisotopic (exact) mass is 926 g/mol. The lowest BCUT2D eigenvalue weighted by atomic mass is 9.95. The van der Waals surface area contributed by atoms with Gasteiger partial charge in [0.15, 0.2) is 11.9 Å². The van der Waals surface area contributed by atoms with Crippen molar-refractivity contribution in [3.05, 3.63) is 35.9 Å². The second-order valence-corrected chi connectivity index (χ2v) is 15.2. The fourth-order valence-corrected chi connectivity index (χ4v) is 5.17. The third kappa shape index (κ3) is 33.7. The highest BCUT2D eigenvalue weighted by molar-refractivity contribution is 5.95. The Kier molecular flexibility index (Phi) is 34.7. The van der Waals surface area contributed by atoms with Crippen molar-refractivity contribution in [3.8, 4) is 0 Å². The Bertz CT molecular complexity index is 1630. The Morgan fingerprint density at radius 1 is 0.600 bits per heavy atom. The maximum absolute atomic E-state index is 13.8. The van der Waals surface area contributed by atoms with Crippen molar-refractivity contribution in [2.24, 2.45) is 56.4 Å². The summed E-state index contributed by atoms with van der Waals surface area (Å²) in [5.74, 6) is -6.67. The van der Waals surface area contributed by atoms with Crippen molar-refractivity contribution in [1.29, 1.82) is 0 Å². The maximum atomic E-state index is 13.8. The first kappa shape index (κ1) is 62.8. The average molecular weight is 926 g/mol. The van der Waals surface area contributed by atoms with Crippen LogP contribution in [0.3, 0.4) is 0 Å². The number of aliphatic carboxylic acids is 3. The smallest absolute Gasteiger partial charge is 0.329 e. The van der Waals surface area contributed by atoms with Crippen molar-refractivity contribution in [2.75, 3.05) is 13.1 Å². The highest BCUT2D eigenvalue weighted by Crippen LogP contribution is 2.14. The van der Waals surface area contributed by atoms with Crippen molar-refractivity contribution in [2.45, 2.75) is 138 Å². The quantitative estimate of drug-likeness (QED) is 0.0284. The molecule has 0 heterocycles. The largest absolute Gasteiger partial charge is 0.481 e. The molecule has 0 aliphatic heterocycles. The summed E-state index contributed by atoms with van der Waals surface area (Å²) >= 11 is 0. The zero-order valence-electron chi connectivity index (χ0n) is 39.2. The summed E-state index contributed by atoms with van der Waals surface area (Å²) in [6.45, 7) is 14.6. The molecule has 4 amide bonds. The van der Waals surface area contributed by atoms with E-state index in [1.807, 2.05) is 51.1 Å². The minimum Gasteiger partial charge on any atom is -0.481 e. The molecule has 0 saturated carbocycles. The zero-order chi connectivity index (χ0) is 50.8. The Hall–Kier alpha value is -6.52. The molecule has 370 valence electrons. The fourth-order valence-electron chi connectivity index (χ4n) is 5.17. The zero-order valence-corrected chi connectivity index (χ0v) is 39.2. The molecule has 65 heavy (non-hydrogen) atoms. The van der Waals surface area contributed by atoms with Crippen LogP contribution >= 0.6 is 0 Å². The number of carbonyl (C=O) groups excluding carboxylic acids is 5. The van der Waals surface area contributed by atoms with Crippen LogP contribution < -0.4 is 49.9 Å². The van der Waals surface area contributed by atoms with Crippen LogP contribution in [0.25, 0.3) is 0 Å². The normalized spacial score (nSPS) is 13.3. The number of hydrogen-bond acceptors (Lipinski definition) is 12. The van der Waals surface area contributed by atoms with Crippen LogP contribution in [0.5, 0.6) is 0 Å². The Balaban J connectivity index is -0.00000283. The Labute approximate surface area is 381 Å². The first-order chi connectivity index (χ1) is 30.2. The van der Waals surface area contributed by atoms with Gasteiger partial charge in [0.1, 0.15) is 30.8 Å². The van der Waals surface area contributed by atoms with Gasteiger partial charge in [-0.2, -0.15) is 0 Å². The van der Waals surface area contributed by atoms with Gasteiger partial charge in [0.05, 0.1) is 6.04 Å². The van der Waals surface area contributed by atoms with Crippen LogP contribution in [0.4, 0.5) is 0 Å². The molecule has 1 rings (SSSR count). The second-order valence-electron chi connectivity index (χ2n) is 15.2. The Morgan fingerprint density at radius 2 is 1.00 bits per heavy atom. The number of carbonyl (C=O) groups is 8. The molecular formula is C42H75N11O12. The second kappa shape index (κ2) is 35.9. The van der Waals surface area contributed by atoms with Crippen LogP contribution in [0, 0.1) is 17.8 Å². The van der Waals surface area contributed by atoms with E-state index in [4.69, 9.17) is 63.1 Å². The van der Waals surface area contributed by atoms with E-state index in [9.17, 15) is 24.0 Å². The number of guanidine groups is 2. The van der Waals surface area contributed by atoms with Crippen molar-refractivity contribution in [3.63, 3.8) is 0 Å². The van der Waals surface area contributed by atoms with Crippen molar-refractivity contribution < 1.29 is 58.4 Å². The molecule has 0 bridgehead atoms. The van der Waals surface area contributed by atoms with E-state index >= 15 is 0 Å². The highest BCUT2D eigenvalue weighted by atomic mass is 16.5. The summed E-state index contributed by atoms with van der Waals surface area (Å²) in [4.78, 5) is 102. The van der Waals surface area contributed by atoms with Crippen LogP contribution in [0.1, 0.15) is 106 Å². The van der Waals surface area contributed by atoms with Gasteiger partial charge in [-0.05, 0) is 49.0 Å². The van der Waals surface area contributed by atoms with Gasteiger partial charge < -0.3 is 70.0 Å². The van der Waals surface area contributed by atoms with Gasteiger partial charge in [-0.15, -0.1) is 0 Å². The third-order valence-electron chi connectivity index (χ3n) is 8.91. The number of hydrogen-bond donors (Lipinski definition) is 12. The maximum Gasteiger partial charge on any atom is 0.329 e. The molecule has 1 aromatic rings. The fraction of sp³-hybridized carbons (Fsp3) is 0.619. The van der Waals surface area contributed by atoms with E-state index in [1.165, 1.54) is 0 Å².